The fourth-order valence-electron chi connectivity index (χ4n) is 2.75. The quantitative estimate of drug-likeness (QED) is 0.667. The molecule has 2 rings (SSSR count). The van der Waals surface area contributed by atoms with Crippen molar-refractivity contribution in [2.45, 2.75) is 38.2 Å². The molecule has 26 heavy (non-hydrogen) atoms. The fraction of sp³-hybridized carbons (Fsp3) is 0.588. The molecule has 3 atom stereocenters. The summed E-state index contributed by atoms with van der Waals surface area (Å²) in [7, 11) is -3.63. The van der Waals surface area contributed by atoms with Gasteiger partial charge in [-0.05, 0) is 18.9 Å². The van der Waals surface area contributed by atoms with Crippen LogP contribution in [0.3, 0.4) is 0 Å². The SMILES string of the molecule is CC(O)COC[C@@H]1C[C@@H](OS(C)(=O)=O)CN1C(=O)OCc1ccccc1. The first kappa shape index (κ1) is 20.6. The van der Waals surface area contributed by atoms with E-state index in [4.69, 9.17) is 13.7 Å². The summed E-state index contributed by atoms with van der Waals surface area (Å²) in [5, 5.41) is 9.28. The molecule has 1 aromatic rings. The number of aliphatic hydroxyl groups excluding tert-OH is 1. The highest BCUT2D eigenvalue weighted by molar-refractivity contribution is 7.86. The number of hydrogen-bond acceptors (Lipinski definition) is 7. The normalized spacial score (nSPS) is 21.6. The molecule has 1 aliphatic rings. The van der Waals surface area contributed by atoms with E-state index in [-0.39, 0.29) is 32.4 Å². The van der Waals surface area contributed by atoms with Crippen molar-refractivity contribution in [2.75, 3.05) is 26.0 Å². The molecule has 0 bridgehead atoms. The molecule has 0 radical (unpaired) electrons. The number of rotatable bonds is 8. The van der Waals surface area contributed by atoms with E-state index in [1.807, 2.05) is 30.3 Å². The van der Waals surface area contributed by atoms with Crippen LogP contribution in [0, 0.1) is 0 Å². The standard InChI is InChI=1S/C17H25NO7S/c1-13(19)10-23-12-15-8-16(25-26(2,21)22)9-18(15)17(20)24-11-14-6-4-3-5-7-14/h3-7,13,15-16,19H,8-12H2,1-2H3/t13?,15-,16+/m0/s1. The maximum Gasteiger partial charge on any atom is 0.410 e. The van der Waals surface area contributed by atoms with Crippen LogP contribution in [0.15, 0.2) is 30.3 Å². The summed E-state index contributed by atoms with van der Waals surface area (Å²) in [5.41, 5.74) is 0.853. The van der Waals surface area contributed by atoms with E-state index in [1.165, 1.54) is 4.90 Å². The third-order valence-corrected chi connectivity index (χ3v) is 4.42. The highest BCUT2D eigenvalue weighted by Crippen LogP contribution is 2.23. The Labute approximate surface area is 153 Å². The number of amides is 1. The Kier molecular flexibility index (Phi) is 7.39. The van der Waals surface area contributed by atoms with Crippen LogP contribution in [0.25, 0.3) is 0 Å². The van der Waals surface area contributed by atoms with Gasteiger partial charge in [-0.25, -0.2) is 4.79 Å². The molecule has 8 nitrogen and oxygen atoms in total. The third kappa shape index (κ3) is 6.91. The van der Waals surface area contributed by atoms with E-state index < -0.39 is 28.4 Å². The van der Waals surface area contributed by atoms with Gasteiger partial charge in [-0.2, -0.15) is 8.42 Å². The first-order valence-corrected chi connectivity index (χ1v) is 10.2. The Morgan fingerprint density at radius 1 is 1.35 bits per heavy atom. The van der Waals surface area contributed by atoms with Gasteiger partial charge in [-0.1, -0.05) is 30.3 Å². The fourth-order valence-corrected chi connectivity index (χ4v) is 3.38. The van der Waals surface area contributed by atoms with Crippen molar-refractivity contribution in [3.63, 3.8) is 0 Å². The van der Waals surface area contributed by atoms with Crippen LogP contribution in [0.4, 0.5) is 4.79 Å². The highest BCUT2D eigenvalue weighted by atomic mass is 32.2. The molecule has 1 heterocycles. The number of ether oxygens (including phenoxy) is 2. The molecule has 1 unspecified atom stereocenters. The molecule has 0 saturated carbocycles. The average Bonchev–Trinajstić information content (AvgIpc) is 2.94. The van der Waals surface area contributed by atoms with Gasteiger partial charge in [0.15, 0.2) is 0 Å². The van der Waals surface area contributed by atoms with Gasteiger partial charge in [0.2, 0.25) is 0 Å². The number of carbonyl (C=O) groups is 1. The molecule has 1 saturated heterocycles. The molecule has 146 valence electrons. The first-order chi connectivity index (χ1) is 12.2. The Hall–Kier alpha value is -1.68. The molecule has 0 aliphatic carbocycles. The van der Waals surface area contributed by atoms with Gasteiger partial charge in [0.05, 0.1) is 44.3 Å². The van der Waals surface area contributed by atoms with E-state index in [2.05, 4.69) is 0 Å². The van der Waals surface area contributed by atoms with Crippen molar-refractivity contribution in [1.29, 1.82) is 0 Å². The van der Waals surface area contributed by atoms with E-state index in [0.29, 0.717) is 6.42 Å². The molecule has 1 fully saturated rings. The Balaban J connectivity index is 1.96. The molecule has 1 aliphatic heterocycles. The van der Waals surface area contributed by atoms with Crippen molar-refractivity contribution in [1.82, 2.24) is 4.90 Å². The smallest absolute Gasteiger partial charge is 0.410 e. The van der Waals surface area contributed by atoms with Gasteiger partial charge in [0, 0.05) is 0 Å². The molecular weight excluding hydrogens is 362 g/mol. The van der Waals surface area contributed by atoms with Crippen LogP contribution < -0.4 is 0 Å². The summed E-state index contributed by atoms with van der Waals surface area (Å²) in [5.74, 6) is 0. The van der Waals surface area contributed by atoms with Crippen LogP contribution in [0.1, 0.15) is 18.9 Å². The molecular formula is C17H25NO7S. The summed E-state index contributed by atoms with van der Waals surface area (Å²) in [4.78, 5) is 13.8. The van der Waals surface area contributed by atoms with Crippen LogP contribution >= 0.6 is 0 Å². The zero-order chi connectivity index (χ0) is 19.2. The van der Waals surface area contributed by atoms with Crippen LogP contribution in [0.2, 0.25) is 0 Å². The number of carbonyl (C=O) groups excluding carboxylic acids is 1. The Morgan fingerprint density at radius 3 is 2.65 bits per heavy atom. The number of likely N-dealkylation sites (tertiary alicyclic amines) is 1. The number of benzene rings is 1. The predicted octanol–water partition coefficient (Wildman–Crippen LogP) is 1.14. The van der Waals surface area contributed by atoms with Gasteiger partial charge in [0.1, 0.15) is 6.61 Å². The van der Waals surface area contributed by atoms with E-state index in [9.17, 15) is 18.3 Å². The lowest BCUT2D eigenvalue weighted by atomic mass is 10.2. The van der Waals surface area contributed by atoms with Crippen molar-refractivity contribution in [3.05, 3.63) is 35.9 Å². The molecule has 1 N–H and O–H groups in total. The molecule has 0 spiro atoms. The van der Waals surface area contributed by atoms with Crippen molar-refractivity contribution in [2.24, 2.45) is 0 Å². The minimum Gasteiger partial charge on any atom is -0.445 e. The van der Waals surface area contributed by atoms with Crippen LogP contribution in [-0.4, -0.2) is 68.8 Å². The van der Waals surface area contributed by atoms with E-state index in [1.54, 1.807) is 6.92 Å². The second-order valence-corrected chi connectivity index (χ2v) is 7.99. The summed E-state index contributed by atoms with van der Waals surface area (Å²) in [6, 6.07) is 8.87. The van der Waals surface area contributed by atoms with Crippen molar-refractivity contribution in [3.8, 4) is 0 Å². The van der Waals surface area contributed by atoms with Gasteiger partial charge in [-0.3, -0.25) is 4.18 Å². The lowest BCUT2D eigenvalue weighted by Crippen LogP contribution is -2.39. The summed E-state index contributed by atoms with van der Waals surface area (Å²) in [6.45, 7) is 2.10. The molecule has 1 aromatic carbocycles. The van der Waals surface area contributed by atoms with Gasteiger partial charge >= 0.3 is 6.09 Å². The van der Waals surface area contributed by atoms with Gasteiger partial charge in [0.25, 0.3) is 10.1 Å². The highest BCUT2D eigenvalue weighted by Gasteiger charge is 2.38. The zero-order valence-electron chi connectivity index (χ0n) is 14.9. The summed E-state index contributed by atoms with van der Waals surface area (Å²) in [6.07, 6.45) is -0.540. The summed E-state index contributed by atoms with van der Waals surface area (Å²) < 4.78 is 38.5. The number of aliphatic hydroxyl groups is 1. The Bertz CT molecular complexity index is 678. The number of nitrogens with zero attached hydrogens (tertiary/aromatic N) is 1. The molecule has 9 heteroatoms. The first-order valence-electron chi connectivity index (χ1n) is 8.36. The minimum atomic E-state index is -3.63. The Morgan fingerprint density at radius 2 is 2.04 bits per heavy atom. The van der Waals surface area contributed by atoms with Crippen molar-refractivity contribution < 1.29 is 32.0 Å². The lowest BCUT2D eigenvalue weighted by Gasteiger charge is -2.23. The molecule has 0 aromatic heterocycles. The molecule has 1 amide bonds. The number of hydrogen-bond donors (Lipinski definition) is 1. The maximum atomic E-state index is 12.4. The zero-order valence-corrected chi connectivity index (χ0v) is 15.7. The minimum absolute atomic E-state index is 0.101. The topological polar surface area (TPSA) is 102 Å². The van der Waals surface area contributed by atoms with E-state index in [0.717, 1.165) is 11.8 Å². The van der Waals surface area contributed by atoms with Gasteiger partial charge < -0.3 is 19.5 Å². The predicted molar refractivity (Wildman–Crippen MR) is 94.0 cm³/mol. The maximum absolute atomic E-state index is 12.4. The van der Waals surface area contributed by atoms with Crippen LogP contribution in [-0.2, 0) is 30.4 Å². The lowest BCUT2D eigenvalue weighted by molar-refractivity contribution is 0.0176. The average molecular weight is 387 g/mol. The largest absolute Gasteiger partial charge is 0.445 e. The van der Waals surface area contributed by atoms with Crippen molar-refractivity contribution >= 4 is 16.2 Å². The van der Waals surface area contributed by atoms with Gasteiger partial charge in [-0.15, -0.1) is 0 Å². The summed E-state index contributed by atoms with van der Waals surface area (Å²) >= 11 is 0. The second kappa shape index (κ2) is 9.31. The monoisotopic (exact) mass is 387 g/mol. The second-order valence-electron chi connectivity index (χ2n) is 6.39. The third-order valence-electron chi connectivity index (χ3n) is 3.80. The van der Waals surface area contributed by atoms with E-state index >= 15 is 0 Å². The van der Waals surface area contributed by atoms with Crippen LogP contribution in [0.5, 0.6) is 0 Å².